The van der Waals surface area contributed by atoms with Crippen LogP contribution < -0.4 is 5.73 Å². The largest absolute Gasteiger partial charge is 0.379 e. The summed E-state index contributed by atoms with van der Waals surface area (Å²) in [5, 5.41) is 0. The molecule has 3 nitrogen and oxygen atoms in total. The van der Waals surface area contributed by atoms with Crippen LogP contribution in [0.4, 0.5) is 0 Å². The highest BCUT2D eigenvalue weighted by Gasteiger charge is 2.40. The molecule has 0 heterocycles. The third-order valence-electron chi connectivity index (χ3n) is 3.34. The fourth-order valence-corrected chi connectivity index (χ4v) is 2.14. The zero-order valence-electron chi connectivity index (χ0n) is 10.5. The lowest BCUT2D eigenvalue weighted by Gasteiger charge is -2.28. The SMILES string of the molecule is CCOCC(C)OC1CCC(C)(C)C1N. The van der Waals surface area contributed by atoms with E-state index < -0.39 is 0 Å². The first kappa shape index (κ1) is 12.9. The Hall–Kier alpha value is -0.120. The highest BCUT2D eigenvalue weighted by atomic mass is 16.5. The van der Waals surface area contributed by atoms with Crippen molar-refractivity contribution in [2.75, 3.05) is 13.2 Å². The summed E-state index contributed by atoms with van der Waals surface area (Å²) in [4.78, 5) is 0. The first-order valence-electron chi connectivity index (χ1n) is 5.96. The van der Waals surface area contributed by atoms with Gasteiger partial charge in [-0.05, 0) is 32.1 Å². The van der Waals surface area contributed by atoms with E-state index in [0.717, 1.165) is 19.4 Å². The molecule has 2 N–H and O–H groups in total. The first-order chi connectivity index (χ1) is 6.97. The Morgan fingerprint density at radius 3 is 2.60 bits per heavy atom. The predicted molar refractivity (Wildman–Crippen MR) is 61.8 cm³/mol. The molecular weight excluding hydrogens is 190 g/mol. The lowest BCUT2D eigenvalue weighted by Crippen LogP contribution is -2.42. The molecule has 0 spiro atoms. The molecule has 1 fully saturated rings. The van der Waals surface area contributed by atoms with Gasteiger partial charge in [-0.3, -0.25) is 0 Å². The van der Waals surface area contributed by atoms with E-state index in [1.54, 1.807) is 0 Å². The van der Waals surface area contributed by atoms with Crippen LogP contribution in [0, 0.1) is 5.41 Å². The summed E-state index contributed by atoms with van der Waals surface area (Å²) >= 11 is 0. The fraction of sp³-hybridized carbons (Fsp3) is 1.00. The molecule has 0 amide bonds. The van der Waals surface area contributed by atoms with Crippen molar-refractivity contribution in [1.29, 1.82) is 0 Å². The van der Waals surface area contributed by atoms with Crippen LogP contribution in [0.3, 0.4) is 0 Å². The quantitative estimate of drug-likeness (QED) is 0.762. The van der Waals surface area contributed by atoms with E-state index in [2.05, 4.69) is 13.8 Å². The van der Waals surface area contributed by atoms with Crippen LogP contribution in [0.15, 0.2) is 0 Å². The van der Waals surface area contributed by atoms with Crippen LogP contribution in [0.5, 0.6) is 0 Å². The number of hydrogen-bond donors (Lipinski definition) is 1. The van der Waals surface area contributed by atoms with Gasteiger partial charge < -0.3 is 15.2 Å². The lowest BCUT2D eigenvalue weighted by molar-refractivity contribution is -0.0528. The van der Waals surface area contributed by atoms with E-state index in [0.29, 0.717) is 6.61 Å². The topological polar surface area (TPSA) is 44.5 Å². The molecule has 1 aliphatic rings. The lowest BCUT2D eigenvalue weighted by atomic mass is 9.88. The maximum atomic E-state index is 6.17. The summed E-state index contributed by atoms with van der Waals surface area (Å²) in [6.07, 6.45) is 2.58. The van der Waals surface area contributed by atoms with Crippen LogP contribution in [0.1, 0.15) is 40.5 Å². The predicted octanol–water partition coefficient (Wildman–Crippen LogP) is 1.94. The van der Waals surface area contributed by atoms with Gasteiger partial charge >= 0.3 is 0 Å². The second-order valence-electron chi connectivity index (χ2n) is 5.20. The molecule has 0 aliphatic heterocycles. The fourth-order valence-electron chi connectivity index (χ4n) is 2.14. The van der Waals surface area contributed by atoms with Gasteiger partial charge in [-0.25, -0.2) is 0 Å². The minimum atomic E-state index is 0.148. The van der Waals surface area contributed by atoms with Crippen LogP contribution in [-0.4, -0.2) is 31.5 Å². The second-order valence-corrected chi connectivity index (χ2v) is 5.20. The molecule has 1 rings (SSSR count). The Balaban J connectivity index is 2.33. The summed E-state index contributed by atoms with van der Waals surface area (Å²) in [6.45, 7) is 9.89. The summed E-state index contributed by atoms with van der Waals surface area (Å²) in [7, 11) is 0. The minimum absolute atomic E-state index is 0.148. The normalized spacial score (nSPS) is 31.8. The average molecular weight is 215 g/mol. The van der Waals surface area contributed by atoms with Crippen molar-refractivity contribution in [2.24, 2.45) is 11.1 Å². The summed E-state index contributed by atoms with van der Waals surface area (Å²) < 4.78 is 11.2. The van der Waals surface area contributed by atoms with Gasteiger partial charge in [-0.15, -0.1) is 0 Å². The van der Waals surface area contributed by atoms with Crippen molar-refractivity contribution in [3.63, 3.8) is 0 Å². The van der Waals surface area contributed by atoms with Crippen LogP contribution in [0.2, 0.25) is 0 Å². The molecular formula is C12H25NO2. The smallest absolute Gasteiger partial charge is 0.0785 e. The third kappa shape index (κ3) is 3.44. The van der Waals surface area contributed by atoms with E-state index in [1.807, 2.05) is 13.8 Å². The van der Waals surface area contributed by atoms with Crippen LogP contribution in [-0.2, 0) is 9.47 Å². The summed E-state index contributed by atoms with van der Waals surface area (Å²) in [5.41, 5.74) is 6.39. The molecule has 3 atom stereocenters. The molecule has 0 aromatic rings. The van der Waals surface area contributed by atoms with Gasteiger partial charge in [0, 0.05) is 12.6 Å². The van der Waals surface area contributed by atoms with Gasteiger partial charge in [0.1, 0.15) is 0 Å². The molecule has 90 valence electrons. The van der Waals surface area contributed by atoms with Gasteiger partial charge in [-0.1, -0.05) is 13.8 Å². The van der Waals surface area contributed by atoms with Crippen molar-refractivity contribution in [3.05, 3.63) is 0 Å². The van der Waals surface area contributed by atoms with E-state index in [4.69, 9.17) is 15.2 Å². The van der Waals surface area contributed by atoms with E-state index in [-0.39, 0.29) is 23.7 Å². The van der Waals surface area contributed by atoms with Crippen molar-refractivity contribution in [3.8, 4) is 0 Å². The van der Waals surface area contributed by atoms with Crippen LogP contribution in [0.25, 0.3) is 0 Å². The maximum Gasteiger partial charge on any atom is 0.0785 e. The van der Waals surface area contributed by atoms with Gasteiger partial charge in [0.15, 0.2) is 0 Å². The standard InChI is InChI=1S/C12H25NO2/c1-5-14-8-9(2)15-10-6-7-12(3,4)11(10)13/h9-11H,5-8,13H2,1-4H3. The van der Waals surface area contributed by atoms with Gasteiger partial charge in [0.2, 0.25) is 0 Å². The highest BCUT2D eigenvalue weighted by Crippen LogP contribution is 2.37. The molecule has 0 aromatic heterocycles. The number of rotatable bonds is 5. The zero-order valence-corrected chi connectivity index (χ0v) is 10.5. The Morgan fingerprint density at radius 1 is 1.47 bits per heavy atom. The molecule has 0 saturated heterocycles. The number of hydrogen-bond acceptors (Lipinski definition) is 3. The Morgan fingerprint density at radius 2 is 2.13 bits per heavy atom. The highest BCUT2D eigenvalue weighted by molar-refractivity contribution is 4.95. The van der Waals surface area contributed by atoms with Gasteiger partial charge in [0.25, 0.3) is 0 Å². The van der Waals surface area contributed by atoms with Crippen molar-refractivity contribution >= 4 is 0 Å². The Bertz CT molecular complexity index is 194. The first-order valence-corrected chi connectivity index (χ1v) is 5.96. The average Bonchev–Trinajstić information content (AvgIpc) is 2.42. The molecule has 3 unspecified atom stereocenters. The maximum absolute atomic E-state index is 6.17. The van der Waals surface area contributed by atoms with Crippen molar-refractivity contribution in [1.82, 2.24) is 0 Å². The molecule has 0 aromatic carbocycles. The van der Waals surface area contributed by atoms with Crippen molar-refractivity contribution < 1.29 is 9.47 Å². The molecule has 1 saturated carbocycles. The Labute approximate surface area is 93.3 Å². The summed E-state index contributed by atoms with van der Waals surface area (Å²) in [6, 6.07) is 0.154. The summed E-state index contributed by atoms with van der Waals surface area (Å²) in [5.74, 6) is 0. The Kier molecular flexibility index (Phi) is 4.56. The molecule has 0 bridgehead atoms. The van der Waals surface area contributed by atoms with Gasteiger partial charge in [0.05, 0.1) is 18.8 Å². The van der Waals surface area contributed by atoms with E-state index >= 15 is 0 Å². The van der Waals surface area contributed by atoms with Gasteiger partial charge in [-0.2, -0.15) is 0 Å². The number of nitrogens with two attached hydrogens (primary N) is 1. The van der Waals surface area contributed by atoms with E-state index in [9.17, 15) is 0 Å². The molecule has 1 aliphatic carbocycles. The molecule has 3 heteroatoms. The van der Waals surface area contributed by atoms with Crippen LogP contribution >= 0.6 is 0 Å². The second kappa shape index (κ2) is 5.28. The van der Waals surface area contributed by atoms with E-state index in [1.165, 1.54) is 0 Å². The number of ether oxygens (including phenoxy) is 2. The molecule has 15 heavy (non-hydrogen) atoms. The minimum Gasteiger partial charge on any atom is -0.379 e. The molecule has 0 radical (unpaired) electrons. The third-order valence-corrected chi connectivity index (χ3v) is 3.34. The zero-order chi connectivity index (χ0) is 11.5. The monoisotopic (exact) mass is 215 g/mol. The van der Waals surface area contributed by atoms with Crippen molar-refractivity contribution in [2.45, 2.75) is 58.8 Å².